The summed E-state index contributed by atoms with van der Waals surface area (Å²) in [5.74, 6) is -1.64. The Balaban J connectivity index is 2.10. The third-order valence-corrected chi connectivity index (χ3v) is 5.94. The SMILES string of the molecule is CCCC(C[C@@H](C)C(=O)N1[C@H](C(=O)O)C[C@@H]2CCCC[C@@H]21)C(=O)OCC. The molecule has 2 rings (SSSR count). The summed E-state index contributed by atoms with van der Waals surface area (Å²) >= 11 is 0. The van der Waals surface area contributed by atoms with E-state index >= 15 is 0 Å². The Bertz CT molecular complexity index is 520. The van der Waals surface area contributed by atoms with E-state index in [2.05, 4.69) is 0 Å². The van der Waals surface area contributed by atoms with Gasteiger partial charge in [0, 0.05) is 12.0 Å². The Hall–Kier alpha value is -1.59. The van der Waals surface area contributed by atoms with Gasteiger partial charge in [0.05, 0.1) is 12.5 Å². The zero-order valence-corrected chi connectivity index (χ0v) is 16.3. The highest BCUT2D eigenvalue weighted by atomic mass is 16.5. The number of ether oxygens (including phenoxy) is 1. The van der Waals surface area contributed by atoms with E-state index in [1.807, 2.05) is 13.8 Å². The maximum atomic E-state index is 13.1. The highest BCUT2D eigenvalue weighted by molar-refractivity contribution is 5.86. The number of carboxylic acids is 1. The van der Waals surface area contributed by atoms with Crippen LogP contribution in [0.5, 0.6) is 0 Å². The summed E-state index contributed by atoms with van der Waals surface area (Å²) in [7, 11) is 0. The molecule has 1 saturated heterocycles. The second-order valence-corrected chi connectivity index (χ2v) is 7.82. The molecule has 2 aliphatic rings. The second-order valence-electron chi connectivity index (χ2n) is 7.82. The number of carbonyl (C=O) groups is 3. The number of likely N-dealkylation sites (tertiary alicyclic amines) is 1. The number of nitrogens with zero attached hydrogens (tertiary/aromatic N) is 1. The molecule has 0 aromatic heterocycles. The predicted octanol–water partition coefficient (Wildman–Crippen LogP) is 3.24. The second kappa shape index (κ2) is 9.38. The first-order valence-electron chi connectivity index (χ1n) is 10.1. The standard InChI is InChI=1S/C20H33NO5/c1-4-8-15(20(25)26-5-2)11-13(3)18(22)21-16-10-7-6-9-14(16)12-17(21)19(23)24/h13-17H,4-12H2,1-3H3,(H,23,24)/t13-,14+,15?,16+,17+/m1/s1. The van der Waals surface area contributed by atoms with E-state index in [-0.39, 0.29) is 29.8 Å². The lowest BCUT2D eigenvalue weighted by molar-refractivity contribution is -0.153. The van der Waals surface area contributed by atoms with Crippen LogP contribution in [-0.2, 0) is 19.1 Å². The summed E-state index contributed by atoms with van der Waals surface area (Å²) in [4.78, 5) is 38.7. The zero-order chi connectivity index (χ0) is 19.3. The number of hydrogen-bond donors (Lipinski definition) is 1. The lowest BCUT2D eigenvalue weighted by Gasteiger charge is -2.35. The Morgan fingerprint density at radius 3 is 2.50 bits per heavy atom. The van der Waals surface area contributed by atoms with Crippen molar-refractivity contribution in [3.8, 4) is 0 Å². The van der Waals surface area contributed by atoms with Gasteiger partial charge in [0.1, 0.15) is 6.04 Å². The first kappa shape index (κ1) is 20.7. The van der Waals surface area contributed by atoms with Crippen molar-refractivity contribution in [2.45, 2.75) is 84.2 Å². The van der Waals surface area contributed by atoms with Crippen LogP contribution in [0.15, 0.2) is 0 Å². The highest BCUT2D eigenvalue weighted by Crippen LogP contribution is 2.41. The molecule has 1 aliphatic heterocycles. The number of rotatable bonds is 8. The van der Waals surface area contributed by atoms with Gasteiger partial charge in [-0.1, -0.05) is 33.1 Å². The van der Waals surface area contributed by atoms with Gasteiger partial charge in [-0.25, -0.2) is 4.79 Å². The molecule has 0 radical (unpaired) electrons. The normalized spacial score (nSPS) is 27.5. The average molecular weight is 367 g/mol. The molecule has 6 heteroatoms. The molecule has 26 heavy (non-hydrogen) atoms. The van der Waals surface area contributed by atoms with Crippen molar-refractivity contribution in [1.82, 2.24) is 4.90 Å². The van der Waals surface area contributed by atoms with Crippen molar-refractivity contribution in [3.63, 3.8) is 0 Å². The zero-order valence-electron chi connectivity index (χ0n) is 16.3. The van der Waals surface area contributed by atoms with Gasteiger partial charge in [-0.3, -0.25) is 9.59 Å². The summed E-state index contributed by atoms with van der Waals surface area (Å²) < 4.78 is 5.15. The number of aliphatic carboxylic acids is 1. The molecule has 0 spiro atoms. The summed E-state index contributed by atoms with van der Waals surface area (Å²) in [6.45, 7) is 5.93. The molecule has 6 nitrogen and oxygen atoms in total. The topological polar surface area (TPSA) is 83.9 Å². The summed E-state index contributed by atoms with van der Waals surface area (Å²) in [6, 6.07) is -0.669. The van der Waals surface area contributed by atoms with E-state index < -0.39 is 12.0 Å². The number of hydrogen-bond acceptors (Lipinski definition) is 4. The van der Waals surface area contributed by atoms with Crippen LogP contribution < -0.4 is 0 Å². The van der Waals surface area contributed by atoms with E-state index in [0.717, 1.165) is 32.1 Å². The molecule has 1 amide bonds. The number of amides is 1. The van der Waals surface area contributed by atoms with Crippen LogP contribution in [0.3, 0.4) is 0 Å². The average Bonchev–Trinajstić information content (AvgIpc) is 3.00. The van der Waals surface area contributed by atoms with Gasteiger partial charge in [0.25, 0.3) is 0 Å². The summed E-state index contributed by atoms with van der Waals surface area (Å²) in [5, 5.41) is 9.62. The fourth-order valence-electron chi connectivity index (χ4n) is 4.72. The molecule has 0 bridgehead atoms. The van der Waals surface area contributed by atoms with Crippen LogP contribution in [0.1, 0.15) is 72.1 Å². The van der Waals surface area contributed by atoms with Gasteiger partial charge in [-0.15, -0.1) is 0 Å². The van der Waals surface area contributed by atoms with Gasteiger partial charge < -0.3 is 14.7 Å². The first-order chi connectivity index (χ1) is 12.4. The minimum Gasteiger partial charge on any atom is -0.480 e. The van der Waals surface area contributed by atoms with Crippen molar-refractivity contribution in [3.05, 3.63) is 0 Å². The van der Waals surface area contributed by atoms with Crippen molar-refractivity contribution in [1.29, 1.82) is 0 Å². The third-order valence-electron chi connectivity index (χ3n) is 5.94. The number of carbonyl (C=O) groups excluding carboxylic acids is 2. The maximum absolute atomic E-state index is 13.1. The molecule has 0 aromatic rings. The molecule has 0 aromatic carbocycles. The molecule has 5 atom stereocenters. The van der Waals surface area contributed by atoms with Crippen molar-refractivity contribution in [2.75, 3.05) is 6.61 Å². The fraction of sp³-hybridized carbons (Fsp3) is 0.850. The molecule has 148 valence electrons. The minimum absolute atomic E-state index is 0.0482. The molecular weight excluding hydrogens is 334 g/mol. The Kier molecular flexibility index (Phi) is 7.47. The third kappa shape index (κ3) is 4.57. The van der Waals surface area contributed by atoms with Crippen LogP contribution in [0.25, 0.3) is 0 Å². The largest absolute Gasteiger partial charge is 0.480 e. The minimum atomic E-state index is -0.907. The first-order valence-corrected chi connectivity index (χ1v) is 10.1. The molecule has 1 unspecified atom stereocenters. The van der Waals surface area contributed by atoms with Crippen molar-refractivity contribution >= 4 is 17.8 Å². The van der Waals surface area contributed by atoms with Gasteiger partial charge in [-0.2, -0.15) is 0 Å². The maximum Gasteiger partial charge on any atom is 0.326 e. The van der Waals surface area contributed by atoms with Crippen LogP contribution >= 0.6 is 0 Å². The summed E-state index contributed by atoms with van der Waals surface area (Å²) in [5.41, 5.74) is 0. The van der Waals surface area contributed by atoms with E-state index in [0.29, 0.717) is 31.8 Å². The molecular formula is C20H33NO5. The monoisotopic (exact) mass is 367 g/mol. The smallest absolute Gasteiger partial charge is 0.326 e. The molecule has 1 aliphatic carbocycles. The molecule has 1 N–H and O–H groups in total. The Morgan fingerprint density at radius 1 is 1.19 bits per heavy atom. The van der Waals surface area contributed by atoms with E-state index in [1.54, 1.807) is 11.8 Å². The van der Waals surface area contributed by atoms with E-state index in [4.69, 9.17) is 4.74 Å². The van der Waals surface area contributed by atoms with Gasteiger partial charge in [0.2, 0.25) is 5.91 Å². The molecule has 1 saturated carbocycles. The van der Waals surface area contributed by atoms with Crippen LogP contribution in [0.2, 0.25) is 0 Å². The Morgan fingerprint density at radius 2 is 1.88 bits per heavy atom. The molecule has 2 fully saturated rings. The number of carboxylic acid groups (broad SMARTS) is 1. The van der Waals surface area contributed by atoms with Gasteiger partial charge in [-0.05, 0) is 44.9 Å². The van der Waals surface area contributed by atoms with Crippen LogP contribution in [0, 0.1) is 17.8 Å². The van der Waals surface area contributed by atoms with E-state index in [1.165, 1.54) is 0 Å². The fourth-order valence-corrected chi connectivity index (χ4v) is 4.72. The highest BCUT2D eigenvalue weighted by Gasteiger charge is 2.48. The van der Waals surface area contributed by atoms with Crippen LogP contribution in [0.4, 0.5) is 0 Å². The Labute approximate surface area is 156 Å². The van der Waals surface area contributed by atoms with Gasteiger partial charge in [0.15, 0.2) is 0 Å². The summed E-state index contributed by atoms with van der Waals surface area (Å²) in [6.07, 6.45) is 6.58. The molecule has 1 heterocycles. The van der Waals surface area contributed by atoms with Crippen molar-refractivity contribution in [2.24, 2.45) is 17.8 Å². The lowest BCUT2D eigenvalue weighted by Crippen LogP contribution is -2.48. The van der Waals surface area contributed by atoms with Crippen LogP contribution in [-0.4, -0.2) is 46.5 Å². The lowest BCUT2D eigenvalue weighted by atomic mass is 9.84. The number of esters is 1. The van der Waals surface area contributed by atoms with Crippen molar-refractivity contribution < 1.29 is 24.2 Å². The number of fused-ring (bicyclic) bond motifs is 1. The van der Waals surface area contributed by atoms with E-state index in [9.17, 15) is 19.5 Å². The predicted molar refractivity (Wildman–Crippen MR) is 97.4 cm³/mol. The van der Waals surface area contributed by atoms with Gasteiger partial charge >= 0.3 is 11.9 Å². The quantitative estimate of drug-likeness (QED) is 0.666.